The van der Waals surface area contributed by atoms with Crippen LogP contribution >= 0.6 is 0 Å². The summed E-state index contributed by atoms with van der Waals surface area (Å²) in [6.45, 7) is 2.13. The fourth-order valence-corrected chi connectivity index (χ4v) is 1.88. The summed E-state index contributed by atoms with van der Waals surface area (Å²) in [4.78, 5) is 11.8. The fraction of sp³-hybridized carbons (Fsp3) is 0.188. The molecule has 1 heterocycles. The highest BCUT2D eigenvalue weighted by Gasteiger charge is 2.10. The molecular formula is C16H18ClN3O3. The first kappa shape index (κ1) is 18.4. The van der Waals surface area contributed by atoms with Crippen molar-refractivity contribution in [2.75, 3.05) is 7.11 Å². The summed E-state index contributed by atoms with van der Waals surface area (Å²) < 4.78 is 6.83. The smallest absolute Gasteiger partial charge is 0.305 e. The van der Waals surface area contributed by atoms with Crippen molar-refractivity contribution in [2.45, 2.75) is 13.5 Å². The van der Waals surface area contributed by atoms with Crippen LogP contribution in [0.2, 0.25) is 0 Å². The number of methoxy groups -OCH3 is 1. The van der Waals surface area contributed by atoms with E-state index in [0.29, 0.717) is 11.3 Å². The Morgan fingerprint density at radius 1 is 1.39 bits per heavy atom. The Morgan fingerprint density at radius 3 is 2.87 bits per heavy atom. The Bertz CT molecular complexity index is 705. The van der Waals surface area contributed by atoms with E-state index in [1.165, 1.54) is 19.4 Å². The van der Waals surface area contributed by atoms with Crippen molar-refractivity contribution >= 4 is 12.1 Å². The van der Waals surface area contributed by atoms with Gasteiger partial charge in [0.2, 0.25) is 6.54 Å². The van der Waals surface area contributed by atoms with Crippen molar-refractivity contribution < 1.29 is 31.6 Å². The van der Waals surface area contributed by atoms with Gasteiger partial charge >= 0.3 is 5.91 Å². The second kappa shape index (κ2) is 8.75. The molecule has 0 aliphatic rings. The average molecular weight is 336 g/mol. The predicted molar refractivity (Wildman–Crippen MR) is 81.8 cm³/mol. The molecule has 7 heteroatoms. The molecule has 0 aliphatic heterocycles. The van der Waals surface area contributed by atoms with E-state index in [9.17, 15) is 9.90 Å². The molecule has 0 saturated heterocycles. The normalized spacial score (nSPS) is 10.2. The van der Waals surface area contributed by atoms with E-state index in [-0.39, 0.29) is 30.6 Å². The van der Waals surface area contributed by atoms with Crippen molar-refractivity contribution in [3.63, 3.8) is 0 Å². The third-order valence-corrected chi connectivity index (χ3v) is 3.09. The number of benzene rings is 1. The number of phenolic OH excluding ortho intramolecular Hbond substituents is 1. The topological polar surface area (TPSA) is 74.8 Å². The largest absolute Gasteiger partial charge is 1.00 e. The van der Waals surface area contributed by atoms with Crippen LogP contribution in [0.15, 0.2) is 47.7 Å². The van der Waals surface area contributed by atoms with Crippen LogP contribution in [0.5, 0.6) is 11.5 Å². The van der Waals surface area contributed by atoms with E-state index in [1.54, 1.807) is 12.1 Å². The van der Waals surface area contributed by atoms with Crippen LogP contribution in [0.3, 0.4) is 0 Å². The Labute approximate surface area is 140 Å². The van der Waals surface area contributed by atoms with Crippen molar-refractivity contribution in [3.05, 3.63) is 53.9 Å². The number of hydrogen-bond acceptors (Lipinski definition) is 4. The summed E-state index contributed by atoms with van der Waals surface area (Å²) in [6, 6.07) is 10.5. The van der Waals surface area contributed by atoms with Crippen LogP contribution < -0.4 is 27.1 Å². The van der Waals surface area contributed by atoms with Gasteiger partial charge in [0.05, 0.1) is 13.3 Å². The lowest BCUT2D eigenvalue weighted by Crippen LogP contribution is -3.00. The molecule has 2 aromatic rings. The molecule has 1 aromatic carbocycles. The number of aromatic hydroxyl groups is 1. The third-order valence-electron chi connectivity index (χ3n) is 3.09. The van der Waals surface area contributed by atoms with Crippen LogP contribution in [0.1, 0.15) is 11.3 Å². The van der Waals surface area contributed by atoms with Gasteiger partial charge in [0.25, 0.3) is 0 Å². The van der Waals surface area contributed by atoms with Crippen molar-refractivity contribution in [1.29, 1.82) is 0 Å². The number of carbonyl (C=O) groups excluding carboxylic acids is 1. The number of amides is 1. The molecule has 0 aliphatic carbocycles. The van der Waals surface area contributed by atoms with E-state index in [4.69, 9.17) is 4.74 Å². The van der Waals surface area contributed by atoms with Gasteiger partial charge < -0.3 is 22.3 Å². The van der Waals surface area contributed by atoms with Gasteiger partial charge in [-0.3, -0.25) is 4.79 Å². The Morgan fingerprint density at radius 2 is 2.17 bits per heavy atom. The molecule has 1 aromatic heterocycles. The van der Waals surface area contributed by atoms with Gasteiger partial charge in [0.15, 0.2) is 23.4 Å². The van der Waals surface area contributed by atoms with E-state index in [2.05, 4.69) is 10.5 Å². The second-order valence-electron chi connectivity index (χ2n) is 4.69. The SMILES string of the molecule is COc1cc(/C=N/NC(=O)C[n+]2ccccc2C)ccc1O.[Cl-]. The molecule has 0 saturated carbocycles. The van der Waals surface area contributed by atoms with Crippen molar-refractivity contribution in [2.24, 2.45) is 5.10 Å². The molecule has 0 atom stereocenters. The van der Waals surface area contributed by atoms with Gasteiger partial charge in [0.1, 0.15) is 0 Å². The molecule has 1 amide bonds. The maximum absolute atomic E-state index is 11.8. The number of hydrogen-bond donors (Lipinski definition) is 2. The number of halogens is 1. The highest BCUT2D eigenvalue weighted by atomic mass is 35.5. The Balaban J connectivity index is 0.00000264. The van der Waals surface area contributed by atoms with Crippen LogP contribution in [-0.4, -0.2) is 24.3 Å². The number of aromatic nitrogens is 1. The molecule has 0 bridgehead atoms. The zero-order valence-electron chi connectivity index (χ0n) is 12.9. The fourth-order valence-electron chi connectivity index (χ4n) is 1.88. The maximum atomic E-state index is 11.8. The molecule has 23 heavy (non-hydrogen) atoms. The zero-order valence-corrected chi connectivity index (χ0v) is 13.6. The number of pyridine rings is 1. The Kier molecular flexibility index (Phi) is 7.02. The monoisotopic (exact) mass is 335 g/mol. The summed E-state index contributed by atoms with van der Waals surface area (Å²) >= 11 is 0. The summed E-state index contributed by atoms with van der Waals surface area (Å²) in [7, 11) is 1.47. The number of phenols is 1. The molecule has 0 unspecified atom stereocenters. The number of nitrogens with one attached hydrogen (secondary N) is 1. The minimum absolute atomic E-state index is 0. The molecular weight excluding hydrogens is 318 g/mol. The number of carbonyl (C=O) groups is 1. The number of aryl methyl sites for hydroxylation is 1. The lowest BCUT2D eigenvalue weighted by Gasteiger charge is -2.03. The molecule has 2 rings (SSSR count). The second-order valence-corrected chi connectivity index (χ2v) is 4.69. The summed E-state index contributed by atoms with van der Waals surface area (Å²) in [5.74, 6) is 0.187. The highest BCUT2D eigenvalue weighted by Crippen LogP contribution is 2.25. The lowest BCUT2D eigenvalue weighted by molar-refractivity contribution is -0.690. The zero-order chi connectivity index (χ0) is 15.9. The first-order valence-corrected chi connectivity index (χ1v) is 6.74. The quantitative estimate of drug-likeness (QED) is 0.383. The molecule has 0 spiro atoms. The van der Waals surface area contributed by atoms with Gasteiger partial charge in [0, 0.05) is 19.1 Å². The number of ether oxygens (including phenoxy) is 1. The molecule has 2 N–H and O–H groups in total. The van der Waals surface area contributed by atoms with Crippen LogP contribution in [0, 0.1) is 6.92 Å². The average Bonchev–Trinajstić information content (AvgIpc) is 2.51. The molecule has 0 radical (unpaired) electrons. The summed E-state index contributed by atoms with van der Waals surface area (Å²) in [5.41, 5.74) is 4.16. The van der Waals surface area contributed by atoms with E-state index < -0.39 is 0 Å². The van der Waals surface area contributed by atoms with Crippen molar-refractivity contribution in [1.82, 2.24) is 5.43 Å². The summed E-state index contributed by atoms with van der Waals surface area (Å²) in [6.07, 6.45) is 3.33. The summed E-state index contributed by atoms with van der Waals surface area (Å²) in [5, 5.41) is 13.4. The van der Waals surface area contributed by atoms with Gasteiger partial charge in [-0.1, -0.05) is 6.07 Å². The first-order valence-electron chi connectivity index (χ1n) is 6.74. The number of rotatable bonds is 5. The molecule has 0 fully saturated rings. The van der Waals surface area contributed by atoms with Gasteiger partial charge in [-0.25, -0.2) is 5.43 Å². The van der Waals surface area contributed by atoms with Gasteiger partial charge in [-0.2, -0.15) is 9.67 Å². The minimum atomic E-state index is -0.221. The Hall–Kier alpha value is -2.60. The predicted octanol–water partition coefficient (Wildman–Crippen LogP) is -1.85. The van der Waals surface area contributed by atoms with Crippen LogP contribution in [0.25, 0.3) is 0 Å². The van der Waals surface area contributed by atoms with Crippen LogP contribution in [0.4, 0.5) is 0 Å². The number of hydrazone groups is 1. The molecule has 122 valence electrons. The van der Waals surface area contributed by atoms with E-state index in [0.717, 1.165) is 5.69 Å². The standard InChI is InChI=1S/C16H17N3O3.ClH/c1-12-5-3-4-8-19(12)11-16(21)18-17-10-13-6-7-14(20)15(9-13)22-2;/h3-10H,11H2,1-2H3,(H-,17,18,20,21);1H. The minimum Gasteiger partial charge on any atom is -1.00 e. The molecule has 6 nitrogen and oxygen atoms in total. The van der Waals surface area contributed by atoms with E-state index in [1.807, 2.05) is 35.9 Å². The van der Waals surface area contributed by atoms with Crippen molar-refractivity contribution in [3.8, 4) is 11.5 Å². The first-order chi connectivity index (χ1) is 10.6. The lowest BCUT2D eigenvalue weighted by atomic mass is 10.2. The number of nitrogens with zero attached hydrogens (tertiary/aromatic N) is 2. The van der Waals surface area contributed by atoms with E-state index >= 15 is 0 Å². The highest BCUT2D eigenvalue weighted by molar-refractivity contribution is 5.82. The van der Waals surface area contributed by atoms with Gasteiger partial charge in [-0.05, 0) is 23.8 Å². The van der Waals surface area contributed by atoms with Crippen LogP contribution in [-0.2, 0) is 11.3 Å². The van der Waals surface area contributed by atoms with Gasteiger partial charge in [-0.15, -0.1) is 0 Å². The maximum Gasteiger partial charge on any atom is 0.305 e. The third kappa shape index (κ3) is 5.27.